The van der Waals surface area contributed by atoms with Crippen molar-refractivity contribution in [1.29, 1.82) is 0 Å². The highest BCUT2D eigenvalue weighted by Gasteiger charge is 2.16. The first-order valence-corrected chi connectivity index (χ1v) is 5.27. The van der Waals surface area contributed by atoms with Crippen LogP contribution in [0.15, 0.2) is 30.3 Å². The zero-order chi connectivity index (χ0) is 12.0. The van der Waals surface area contributed by atoms with E-state index in [0.29, 0.717) is 6.42 Å². The van der Waals surface area contributed by atoms with Crippen LogP contribution in [0.1, 0.15) is 12.5 Å². The van der Waals surface area contributed by atoms with Crippen molar-refractivity contribution in [3.05, 3.63) is 35.9 Å². The third-order valence-electron chi connectivity index (χ3n) is 2.40. The molecule has 4 nitrogen and oxygen atoms in total. The number of benzene rings is 1. The van der Waals surface area contributed by atoms with Gasteiger partial charge < -0.3 is 10.2 Å². The fourth-order valence-corrected chi connectivity index (χ4v) is 1.50. The van der Waals surface area contributed by atoms with Crippen molar-refractivity contribution in [2.24, 2.45) is 0 Å². The number of carbonyl (C=O) groups is 1. The van der Waals surface area contributed by atoms with Crippen LogP contribution in [-0.4, -0.2) is 34.9 Å². The van der Waals surface area contributed by atoms with E-state index in [0.717, 1.165) is 5.56 Å². The Bertz CT molecular complexity index is 326. The lowest BCUT2D eigenvalue weighted by molar-refractivity contribution is -0.139. The van der Waals surface area contributed by atoms with E-state index in [-0.39, 0.29) is 12.6 Å². The summed E-state index contributed by atoms with van der Waals surface area (Å²) >= 11 is 0. The molecule has 0 radical (unpaired) electrons. The first-order chi connectivity index (χ1) is 7.63. The highest BCUT2D eigenvalue weighted by atomic mass is 16.4. The lowest BCUT2D eigenvalue weighted by Crippen LogP contribution is -2.44. The van der Waals surface area contributed by atoms with Crippen molar-refractivity contribution < 1.29 is 15.0 Å². The van der Waals surface area contributed by atoms with Crippen LogP contribution < -0.4 is 5.32 Å². The van der Waals surface area contributed by atoms with E-state index in [1.807, 2.05) is 30.3 Å². The smallest absolute Gasteiger partial charge is 0.320 e. The van der Waals surface area contributed by atoms with Crippen LogP contribution in [0.3, 0.4) is 0 Å². The molecule has 4 heteroatoms. The Hall–Kier alpha value is -1.39. The molecule has 0 aliphatic carbocycles. The number of hydrogen-bond acceptors (Lipinski definition) is 3. The Kier molecular flexibility index (Phi) is 4.95. The minimum Gasteiger partial charge on any atom is -0.480 e. The molecule has 2 atom stereocenters. The van der Waals surface area contributed by atoms with Gasteiger partial charge in [0, 0.05) is 6.04 Å². The Balaban J connectivity index is 2.53. The Morgan fingerprint density at radius 2 is 2.00 bits per heavy atom. The third kappa shape index (κ3) is 4.00. The molecule has 16 heavy (non-hydrogen) atoms. The number of aliphatic hydroxyl groups is 1. The summed E-state index contributed by atoms with van der Waals surface area (Å²) in [4.78, 5) is 10.7. The Morgan fingerprint density at radius 1 is 1.38 bits per heavy atom. The summed E-state index contributed by atoms with van der Waals surface area (Å²) in [5, 5.41) is 20.8. The van der Waals surface area contributed by atoms with Gasteiger partial charge in [0.25, 0.3) is 0 Å². The van der Waals surface area contributed by atoms with Crippen molar-refractivity contribution >= 4 is 5.97 Å². The molecule has 2 unspecified atom stereocenters. The van der Waals surface area contributed by atoms with Crippen LogP contribution in [0.5, 0.6) is 0 Å². The lowest BCUT2D eigenvalue weighted by atomic mass is 10.1. The quantitative estimate of drug-likeness (QED) is 0.662. The summed E-state index contributed by atoms with van der Waals surface area (Å²) in [6.45, 7) is 1.49. The standard InChI is InChI=1S/C12H17NO3/c1-9(12(15)16)13-11(8-14)7-10-5-3-2-4-6-10/h2-6,9,11,13-14H,7-8H2,1H3,(H,15,16). The fraction of sp³-hybridized carbons (Fsp3) is 0.417. The zero-order valence-corrected chi connectivity index (χ0v) is 9.26. The van der Waals surface area contributed by atoms with Crippen molar-refractivity contribution in [2.75, 3.05) is 6.61 Å². The minimum absolute atomic E-state index is 0.0769. The van der Waals surface area contributed by atoms with Crippen LogP contribution in [0.4, 0.5) is 0 Å². The second-order valence-corrected chi connectivity index (χ2v) is 3.80. The molecule has 0 bridgehead atoms. The van der Waals surface area contributed by atoms with E-state index in [4.69, 9.17) is 10.2 Å². The molecule has 0 spiro atoms. The van der Waals surface area contributed by atoms with Gasteiger partial charge in [0.1, 0.15) is 6.04 Å². The van der Waals surface area contributed by atoms with Crippen molar-refractivity contribution in [3.63, 3.8) is 0 Å². The molecule has 0 aliphatic heterocycles. The third-order valence-corrected chi connectivity index (χ3v) is 2.40. The second kappa shape index (κ2) is 6.25. The van der Waals surface area contributed by atoms with E-state index in [1.54, 1.807) is 6.92 Å². The van der Waals surface area contributed by atoms with Gasteiger partial charge in [0.15, 0.2) is 0 Å². The van der Waals surface area contributed by atoms with Gasteiger partial charge in [0.2, 0.25) is 0 Å². The normalized spacial score (nSPS) is 14.4. The molecule has 88 valence electrons. The monoisotopic (exact) mass is 223 g/mol. The van der Waals surface area contributed by atoms with E-state index in [1.165, 1.54) is 0 Å². The summed E-state index contributed by atoms with van der Waals surface area (Å²) in [5.74, 6) is -0.911. The predicted octanol–water partition coefficient (Wildman–Crippen LogP) is 0.653. The first kappa shape index (κ1) is 12.7. The van der Waals surface area contributed by atoms with Crippen molar-refractivity contribution in [3.8, 4) is 0 Å². The van der Waals surface area contributed by atoms with Gasteiger partial charge in [-0.2, -0.15) is 0 Å². The molecular weight excluding hydrogens is 206 g/mol. The molecule has 0 amide bonds. The Labute approximate surface area is 94.9 Å². The number of nitrogens with one attached hydrogen (secondary N) is 1. The lowest BCUT2D eigenvalue weighted by Gasteiger charge is -2.19. The highest BCUT2D eigenvalue weighted by molar-refractivity contribution is 5.72. The molecule has 3 N–H and O–H groups in total. The van der Waals surface area contributed by atoms with E-state index >= 15 is 0 Å². The summed E-state index contributed by atoms with van der Waals surface area (Å²) in [5.41, 5.74) is 1.08. The number of carboxylic acids is 1. The molecule has 0 aromatic heterocycles. The molecule has 0 heterocycles. The molecule has 1 aromatic carbocycles. The molecule has 0 saturated carbocycles. The second-order valence-electron chi connectivity index (χ2n) is 3.80. The van der Waals surface area contributed by atoms with Gasteiger partial charge in [-0.1, -0.05) is 30.3 Å². The largest absolute Gasteiger partial charge is 0.480 e. The van der Waals surface area contributed by atoms with Crippen molar-refractivity contribution in [1.82, 2.24) is 5.32 Å². The molecule has 1 aromatic rings. The maximum atomic E-state index is 10.7. The van der Waals surface area contributed by atoms with Crippen LogP contribution >= 0.6 is 0 Å². The topological polar surface area (TPSA) is 69.6 Å². The SMILES string of the molecule is CC(NC(CO)Cc1ccccc1)C(=O)O. The maximum Gasteiger partial charge on any atom is 0.320 e. The van der Waals surface area contributed by atoms with Gasteiger partial charge in [-0.05, 0) is 18.9 Å². The number of aliphatic carboxylic acids is 1. The predicted molar refractivity (Wildman–Crippen MR) is 61.3 cm³/mol. The average molecular weight is 223 g/mol. The molecular formula is C12H17NO3. The Morgan fingerprint density at radius 3 is 2.50 bits per heavy atom. The van der Waals surface area contributed by atoms with E-state index in [9.17, 15) is 4.79 Å². The highest BCUT2D eigenvalue weighted by Crippen LogP contribution is 2.03. The molecule has 0 saturated heterocycles. The van der Waals surface area contributed by atoms with E-state index < -0.39 is 12.0 Å². The van der Waals surface area contributed by atoms with Gasteiger partial charge in [0.05, 0.1) is 6.61 Å². The summed E-state index contributed by atoms with van der Waals surface area (Å²) < 4.78 is 0. The molecule has 0 fully saturated rings. The molecule has 1 rings (SSSR count). The summed E-state index contributed by atoms with van der Waals surface area (Å²) in [6.07, 6.45) is 0.620. The minimum atomic E-state index is -0.911. The fourth-order valence-electron chi connectivity index (χ4n) is 1.50. The summed E-state index contributed by atoms with van der Waals surface area (Å²) in [7, 11) is 0. The van der Waals surface area contributed by atoms with Gasteiger partial charge in [-0.25, -0.2) is 0 Å². The number of rotatable bonds is 6. The van der Waals surface area contributed by atoms with Gasteiger partial charge in [-0.15, -0.1) is 0 Å². The maximum absolute atomic E-state index is 10.7. The number of carboxylic acid groups (broad SMARTS) is 1. The average Bonchev–Trinajstić information content (AvgIpc) is 2.29. The van der Waals surface area contributed by atoms with Gasteiger partial charge >= 0.3 is 5.97 Å². The van der Waals surface area contributed by atoms with Crippen molar-refractivity contribution in [2.45, 2.75) is 25.4 Å². The zero-order valence-electron chi connectivity index (χ0n) is 9.26. The van der Waals surface area contributed by atoms with Crippen LogP contribution in [0, 0.1) is 0 Å². The van der Waals surface area contributed by atoms with Crippen LogP contribution in [-0.2, 0) is 11.2 Å². The first-order valence-electron chi connectivity index (χ1n) is 5.27. The van der Waals surface area contributed by atoms with E-state index in [2.05, 4.69) is 5.32 Å². The number of hydrogen-bond donors (Lipinski definition) is 3. The number of aliphatic hydroxyl groups excluding tert-OH is 1. The van der Waals surface area contributed by atoms with Crippen LogP contribution in [0.25, 0.3) is 0 Å². The molecule has 0 aliphatic rings. The summed E-state index contributed by atoms with van der Waals surface area (Å²) in [6, 6.07) is 8.79. The van der Waals surface area contributed by atoms with Gasteiger partial charge in [-0.3, -0.25) is 10.1 Å². The van der Waals surface area contributed by atoms with Crippen LogP contribution in [0.2, 0.25) is 0 Å².